The van der Waals surface area contributed by atoms with Crippen molar-refractivity contribution in [3.63, 3.8) is 0 Å². The van der Waals surface area contributed by atoms with E-state index in [0.717, 1.165) is 17.1 Å². The summed E-state index contributed by atoms with van der Waals surface area (Å²) < 4.78 is 5.21. The van der Waals surface area contributed by atoms with Crippen molar-refractivity contribution in [3.8, 4) is 39.1 Å². The summed E-state index contributed by atoms with van der Waals surface area (Å²) in [6.45, 7) is 4.75. The monoisotopic (exact) mass is 884 g/mol. The highest BCUT2D eigenvalue weighted by Crippen LogP contribution is 2.50. The van der Waals surface area contributed by atoms with E-state index < -0.39 is 0 Å². The fraction of sp³-hybridized carbons (Fsp3) is 0.0462. The molecule has 0 fully saturated rings. The van der Waals surface area contributed by atoms with Crippen molar-refractivity contribution in [2.75, 3.05) is 4.90 Å². The van der Waals surface area contributed by atoms with Gasteiger partial charge in [-0.2, -0.15) is 0 Å². The zero-order valence-corrected chi connectivity index (χ0v) is 38.6. The van der Waals surface area contributed by atoms with Gasteiger partial charge in [-0.1, -0.05) is 178 Å². The second-order valence-corrected chi connectivity index (χ2v) is 19.9. The molecule has 2 nitrogen and oxygen atoms in total. The van der Waals surface area contributed by atoms with E-state index in [4.69, 9.17) is 0 Å². The topological polar surface area (TPSA) is 8.17 Å². The lowest BCUT2D eigenvalue weighted by molar-refractivity contribution is 0.660. The van der Waals surface area contributed by atoms with Gasteiger partial charge in [0.1, 0.15) is 0 Å². The Morgan fingerprint density at radius 1 is 0.382 bits per heavy atom. The molecule has 1 aliphatic rings. The van der Waals surface area contributed by atoms with Crippen LogP contribution in [0.5, 0.6) is 0 Å². The van der Waals surface area contributed by atoms with Crippen molar-refractivity contribution >= 4 is 91.9 Å². The normalized spacial score (nSPS) is 13.0. The van der Waals surface area contributed by atoms with Gasteiger partial charge in [0.15, 0.2) is 0 Å². The third-order valence-corrected chi connectivity index (χ3v) is 16.0. The molecule has 2 heterocycles. The Morgan fingerprint density at radius 2 is 1.01 bits per heavy atom. The average molecular weight is 885 g/mol. The summed E-state index contributed by atoms with van der Waals surface area (Å²) in [6, 6.07) is 85.6. The van der Waals surface area contributed by atoms with Crippen LogP contribution in [0.2, 0.25) is 0 Å². The Hall–Kier alpha value is -8.24. The molecule has 0 amide bonds. The largest absolute Gasteiger partial charge is 0.310 e. The zero-order valence-electron chi connectivity index (χ0n) is 37.7. The lowest BCUT2D eigenvalue weighted by atomic mass is 9.82. The highest BCUT2D eigenvalue weighted by atomic mass is 32.1. The molecule has 0 aliphatic heterocycles. The summed E-state index contributed by atoms with van der Waals surface area (Å²) >= 11 is 1.90. The SMILES string of the molecule is CC1(C)c2ccccc2-c2ccc(-n3c4cc(-c5ccc(N(c6ccc(-c7ccccc7)cc6)c6cccc7ccccc67)cc5)ccc4c4cc5ccc6c7ccccc7sc6c5cc43)cc21. The van der Waals surface area contributed by atoms with Gasteiger partial charge in [0, 0.05) is 64.2 Å². The van der Waals surface area contributed by atoms with Gasteiger partial charge in [-0.25, -0.2) is 0 Å². The smallest absolute Gasteiger partial charge is 0.0547 e. The van der Waals surface area contributed by atoms with E-state index in [1.54, 1.807) is 0 Å². The summed E-state index contributed by atoms with van der Waals surface area (Å²) in [7, 11) is 0. The summed E-state index contributed by atoms with van der Waals surface area (Å²) in [6.07, 6.45) is 0. The van der Waals surface area contributed by atoms with Crippen LogP contribution in [0.15, 0.2) is 231 Å². The lowest BCUT2D eigenvalue weighted by Crippen LogP contribution is -2.15. The molecule has 0 radical (unpaired) electrons. The summed E-state index contributed by atoms with van der Waals surface area (Å²) in [5.41, 5.74) is 17.1. The van der Waals surface area contributed by atoms with Gasteiger partial charge >= 0.3 is 0 Å². The first-order chi connectivity index (χ1) is 33.5. The fourth-order valence-corrected chi connectivity index (χ4v) is 12.6. The van der Waals surface area contributed by atoms with Crippen molar-refractivity contribution in [3.05, 3.63) is 242 Å². The van der Waals surface area contributed by atoms with Crippen LogP contribution in [0.1, 0.15) is 25.0 Å². The summed E-state index contributed by atoms with van der Waals surface area (Å²) in [5, 5.41) is 10.2. The number of benzene rings is 11. The zero-order chi connectivity index (χ0) is 45.1. The molecule has 11 aromatic carbocycles. The van der Waals surface area contributed by atoms with Crippen LogP contribution in [0, 0.1) is 0 Å². The first-order valence-electron chi connectivity index (χ1n) is 23.6. The molecule has 3 heteroatoms. The highest BCUT2D eigenvalue weighted by molar-refractivity contribution is 7.26. The highest BCUT2D eigenvalue weighted by Gasteiger charge is 2.35. The molecule has 68 heavy (non-hydrogen) atoms. The number of fused-ring (bicyclic) bond motifs is 12. The van der Waals surface area contributed by atoms with Crippen molar-refractivity contribution < 1.29 is 0 Å². The lowest BCUT2D eigenvalue weighted by Gasteiger charge is -2.27. The number of hydrogen-bond donors (Lipinski definition) is 0. The van der Waals surface area contributed by atoms with Crippen molar-refractivity contribution in [2.45, 2.75) is 19.3 Å². The van der Waals surface area contributed by atoms with E-state index >= 15 is 0 Å². The van der Waals surface area contributed by atoms with Gasteiger partial charge < -0.3 is 9.47 Å². The first kappa shape index (κ1) is 39.0. The predicted octanol–water partition coefficient (Wildman–Crippen LogP) is 18.6. The number of anilines is 3. The molecule has 1 aliphatic carbocycles. The van der Waals surface area contributed by atoms with E-state index in [2.05, 4.69) is 254 Å². The Balaban J connectivity index is 0.940. The molecule has 13 aromatic rings. The number of nitrogens with zero attached hydrogens (tertiary/aromatic N) is 2. The Bertz CT molecular complexity index is 4150. The minimum atomic E-state index is -0.118. The van der Waals surface area contributed by atoms with Gasteiger partial charge in [-0.05, 0) is 122 Å². The maximum absolute atomic E-state index is 2.54. The molecular formula is C65H44N2S. The van der Waals surface area contributed by atoms with E-state index in [-0.39, 0.29) is 5.41 Å². The molecule has 0 saturated carbocycles. The molecule has 0 saturated heterocycles. The summed E-state index contributed by atoms with van der Waals surface area (Å²) in [5.74, 6) is 0. The van der Waals surface area contributed by atoms with E-state index in [9.17, 15) is 0 Å². The van der Waals surface area contributed by atoms with Crippen LogP contribution in [0.3, 0.4) is 0 Å². The van der Waals surface area contributed by atoms with E-state index in [1.807, 2.05) is 11.3 Å². The predicted molar refractivity (Wildman–Crippen MR) is 292 cm³/mol. The van der Waals surface area contributed by atoms with Gasteiger partial charge in [0.2, 0.25) is 0 Å². The molecule has 0 spiro atoms. The van der Waals surface area contributed by atoms with Crippen LogP contribution in [0.4, 0.5) is 17.1 Å². The van der Waals surface area contributed by atoms with E-state index in [0.29, 0.717) is 0 Å². The maximum atomic E-state index is 2.54. The van der Waals surface area contributed by atoms with Gasteiger partial charge in [-0.3, -0.25) is 0 Å². The van der Waals surface area contributed by atoms with E-state index in [1.165, 1.54) is 114 Å². The standard InChI is InChI=1S/C65H44N2S/c1-65(2)58-20-10-8-18-51(58)52-36-33-49(39-59(52)65)67-61-38-45(27-34-53(61)57-37-46-28-35-55-54-19-9-11-22-63(54)68-64(55)56(46)40-62(57)67)43-25-31-48(32-26-43)66(60-21-12-16-44-15-6-7-17-50(44)60)47-29-23-42(24-30-47)41-13-4-3-5-14-41/h3-40H,1-2H3. The molecule has 0 bridgehead atoms. The minimum Gasteiger partial charge on any atom is -0.310 e. The van der Waals surface area contributed by atoms with Gasteiger partial charge in [-0.15, -0.1) is 11.3 Å². The molecule has 0 N–H and O–H groups in total. The van der Waals surface area contributed by atoms with Crippen LogP contribution in [0.25, 0.3) is 103 Å². The molecular weight excluding hydrogens is 841 g/mol. The molecule has 0 unspecified atom stereocenters. The number of thiophene rings is 1. The maximum Gasteiger partial charge on any atom is 0.0547 e. The Kier molecular flexibility index (Phi) is 8.53. The molecule has 2 aromatic heterocycles. The fourth-order valence-electron chi connectivity index (χ4n) is 11.4. The molecule has 14 rings (SSSR count). The third kappa shape index (κ3) is 5.89. The van der Waals surface area contributed by atoms with Crippen molar-refractivity contribution in [2.24, 2.45) is 0 Å². The molecule has 320 valence electrons. The van der Waals surface area contributed by atoms with Crippen molar-refractivity contribution in [1.82, 2.24) is 4.57 Å². The second-order valence-electron chi connectivity index (χ2n) is 18.9. The van der Waals surface area contributed by atoms with Crippen LogP contribution in [-0.4, -0.2) is 4.57 Å². The number of hydrogen-bond acceptors (Lipinski definition) is 2. The second kappa shape index (κ2) is 14.9. The average Bonchev–Trinajstić information content (AvgIpc) is 4.01. The number of aromatic nitrogens is 1. The van der Waals surface area contributed by atoms with Crippen molar-refractivity contribution in [1.29, 1.82) is 0 Å². The van der Waals surface area contributed by atoms with Crippen LogP contribution in [-0.2, 0) is 5.41 Å². The van der Waals surface area contributed by atoms with Crippen LogP contribution >= 0.6 is 11.3 Å². The molecule has 0 atom stereocenters. The number of rotatable bonds is 6. The van der Waals surface area contributed by atoms with Crippen LogP contribution < -0.4 is 4.90 Å². The minimum absolute atomic E-state index is 0.118. The quantitative estimate of drug-likeness (QED) is 0.162. The first-order valence-corrected chi connectivity index (χ1v) is 24.4. The van der Waals surface area contributed by atoms with Gasteiger partial charge in [0.05, 0.1) is 16.7 Å². The van der Waals surface area contributed by atoms with Gasteiger partial charge in [0.25, 0.3) is 0 Å². The Morgan fingerprint density at radius 3 is 1.84 bits per heavy atom. The summed E-state index contributed by atoms with van der Waals surface area (Å²) in [4.78, 5) is 2.40. The third-order valence-electron chi connectivity index (χ3n) is 14.8. The Labute approximate surface area is 399 Å².